The molecule has 0 heterocycles. The third-order valence-electron chi connectivity index (χ3n) is 5.98. The van der Waals surface area contributed by atoms with Crippen molar-refractivity contribution in [1.82, 2.24) is 9.80 Å². The zero-order valence-corrected chi connectivity index (χ0v) is 25.5. The molecule has 0 bridgehead atoms. The summed E-state index contributed by atoms with van der Waals surface area (Å²) in [7, 11) is 0. The number of hydrogen-bond acceptors (Lipinski definition) is 6. The molecule has 0 aliphatic carbocycles. The van der Waals surface area contributed by atoms with Gasteiger partial charge in [0.05, 0.1) is 13.1 Å². The van der Waals surface area contributed by atoms with Crippen LogP contribution in [0.2, 0.25) is 0 Å². The normalized spacial score (nSPS) is 11.5. The first kappa shape index (κ1) is 33.5. The molecule has 2 aromatic carbocycles. The molecule has 0 saturated heterocycles. The van der Waals surface area contributed by atoms with Gasteiger partial charge in [0.1, 0.15) is 11.2 Å². The Balaban J connectivity index is 1.82. The van der Waals surface area contributed by atoms with Crippen molar-refractivity contribution in [2.24, 2.45) is 0 Å². The molecular weight excluding hydrogens is 520 g/mol. The number of benzene rings is 2. The van der Waals surface area contributed by atoms with Crippen molar-refractivity contribution < 1.29 is 28.7 Å². The van der Waals surface area contributed by atoms with Crippen LogP contribution in [0, 0.1) is 0 Å². The summed E-state index contributed by atoms with van der Waals surface area (Å²) in [5.74, 6) is -0.542. The second kappa shape index (κ2) is 15.9. The van der Waals surface area contributed by atoms with Crippen molar-refractivity contribution in [3.05, 3.63) is 71.8 Å². The van der Waals surface area contributed by atoms with Crippen LogP contribution in [0.1, 0.15) is 97.6 Å². The van der Waals surface area contributed by atoms with Crippen molar-refractivity contribution in [3.8, 4) is 0 Å². The molecule has 0 saturated carbocycles. The summed E-state index contributed by atoms with van der Waals surface area (Å²) in [5.41, 5.74) is 0.293. The van der Waals surface area contributed by atoms with E-state index in [1.165, 1.54) is 9.80 Å². The average Bonchev–Trinajstić information content (AvgIpc) is 2.88. The van der Waals surface area contributed by atoms with Gasteiger partial charge >= 0.3 is 12.2 Å². The standard InChI is InChI=1S/C33H46N2O6/c1-32(2,3)40-30(38)34(24-26-18-12-10-13-19-26)28(36)22-16-8-7-9-17-23-29(37)35(31(39)41-33(4,5)6)25-27-20-14-11-15-21-27/h10-15,18-21H,7-9,16-17,22-25H2,1-6H3. The average molecular weight is 567 g/mol. The SMILES string of the molecule is CC(C)(C)OC(=O)N(Cc1ccccc1)C(=O)CCCCCCCC(=O)N(Cc1ccccc1)C(=O)OC(C)(C)C. The third kappa shape index (κ3) is 13.5. The second-order valence-electron chi connectivity index (χ2n) is 12.2. The molecule has 0 aliphatic rings. The summed E-state index contributed by atoms with van der Waals surface area (Å²) in [6.45, 7) is 11.0. The molecular formula is C33H46N2O6. The Kier molecular flexibility index (Phi) is 13.0. The number of nitrogens with zero attached hydrogens (tertiary/aromatic N) is 2. The van der Waals surface area contributed by atoms with E-state index in [1.54, 1.807) is 41.5 Å². The molecule has 0 N–H and O–H groups in total. The number of hydrogen-bond donors (Lipinski definition) is 0. The number of ether oxygens (including phenoxy) is 2. The highest BCUT2D eigenvalue weighted by Gasteiger charge is 2.28. The van der Waals surface area contributed by atoms with Crippen molar-refractivity contribution >= 4 is 24.0 Å². The molecule has 2 rings (SSSR count). The Morgan fingerprint density at radius 2 is 0.854 bits per heavy atom. The molecule has 2 aromatic rings. The molecule has 0 aromatic heterocycles. The van der Waals surface area contributed by atoms with Gasteiger partial charge in [-0.3, -0.25) is 9.59 Å². The first-order valence-electron chi connectivity index (χ1n) is 14.4. The Bertz CT molecular complexity index is 1030. The number of imide groups is 2. The van der Waals surface area contributed by atoms with Crippen molar-refractivity contribution in [2.45, 2.75) is 111 Å². The number of rotatable bonds is 12. The molecule has 41 heavy (non-hydrogen) atoms. The van der Waals surface area contributed by atoms with E-state index in [1.807, 2.05) is 60.7 Å². The maximum atomic E-state index is 13.0. The lowest BCUT2D eigenvalue weighted by Crippen LogP contribution is -2.40. The molecule has 0 unspecified atom stereocenters. The topological polar surface area (TPSA) is 93.2 Å². The van der Waals surface area contributed by atoms with Gasteiger partial charge in [-0.2, -0.15) is 0 Å². The van der Waals surface area contributed by atoms with Crippen LogP contribution in [-0.4, -0.2) is 45.0 Å². The predicted octanol–water partition coefficient (Wildman–Crippen LogP) is 7.64. The highest BCUT2D eigenvalue weighted by Crippen LogP contribution is 2.18. The predicted molar refractivity (Wildman–Crippen MR) is 159 cm³/mol. The van der Waals surface area contributed by atoms with Crippen molar-refractivity contribution in [2.75, 3.05) is 0 Å². The van der Waals surface area contributed by atoms with Gasteiger partial charge < -0.3 is 9.47 Å². The number of unbranched alkanes of at least 4 members (excludes halogenated alkanes) is 4. The minimum atomic E-state index is -0.704. The van der Waals surface area contributed by atoms with E-state index in [9.17, 15) is 19.2 Å². The van der Waals surface area contributed by atoms with Crippen LogP contribution >= 0.6 is 0 Å². The maximum Gasteiger partial charge on any atom is 0.417 e. The van der Waals surface area contributed by atoms with Gasteiger partial charge in [-0.05, 0) is 65.5 Å². The molecule has 0 fully saturated rings. The lowest BCUT2D eigenvalue weighted by molar-refractivity contribution is -0.132. The lowest BCUT2D eigenvalue weighted by Gasteiger charge is -2.26. The van der Waals surface area contributed by atoms with E-state index in [0.717, 1.165) is 30.4 Å². The number of carbonyl (C=O) groups excluding carboxylic acids is 4. The molecule has 0 radical (unpaired) electrons. The summed E-state index contributed by atoms with van der Waals surface area (Å²) < 4.78 is 10.9. The summed E-state index contributed by atoms with van der Waals surface area (Å²) >= 11 is 0. The minimum Gasteiger partial charge on any atom is -0.443 e. The van der Waals surface area contributed by atoms with Crippen LogP contribution in [0.15, 0.2) is 60.7 Å². The van der Waals surface area contributed by atoms with Gasteiger partial charge in [-0.25, -0.2) is 19.4 Å². The van der Waals surface area contributed by atoms with Crippen LogP contribution < -0.4 is 0 Å². The monoisotopic (exact) mass is 566 g/mol. The highest BCUT2D eigenvalue weighted by atomic mass is 16.6. The van der Waals surface area contributed by atoms with Crippen LogP contribution in [-0.2, 0) is 32.2 Å². The van der Waals surface area contributed by atoms with Crippen molar-refractivity contribution in [3.63, 3.8) is 0 Å². The van der Waals surface area contributed by atoms with Crippen LogP contribution in [0.5, 0.6) is 0 Å². The Morgan fingerprint density at radius 1 is 0.537 bits per heavy atom. The summed E-state index contributed by atoms with van der Waals surface area (Å²) in [4.78, 5) is 53.8. The van der Waals surface area contributed by atoms with Crippen LogP contribution in [0.3, 0.4) is 0 Å². The summed E-state index contributed by atoms with van der Waals surface area (Å²) in [6.07, 6.45) is 2.82. The molecule has 0 atom stereocenters. The quantitative estimate of drug-likeness (QED) is 0.245. The lowest BCUT2D eigenvalue weighted by atomic mass is 10.1. The third-order valence-corrected chi connectivity index (χ3v) is 5.98. The van der Waals surface area contributed by atoms with E-state index < -0.39 is 23.4 Å². The van der Waals surface area contributed by atoms with E-state index in [0.29, 0.717) is 12.8 Å². The van der Waals surface area contributed by atoms with Crippen LogP contribution in [0.4, 0.5) is 9.59 Å². The molecule has 8 heteroatoms. The Labute approximate surface area is 245 Å². The highest BCUT2D eigenvalue weighted by molar-refractivity contribution is 5.92. The van der Waals surface area contributed by atoms with E-state index in [-0.39, 0.29) is 37.7 Å². The second-order valence-corrected chi connectivity index (χ2v) is 12.2. The van der Waals surface area contributed by atoms with E-state index in [4.69, 9.17) is 9.47 Å². The zero-order chi connectivity index (χ0) is 30.5. The summed E-state index contributed by atoms with van der Waals surface area (Å²) in [5, 5.41) is 0. The van der Waals surface area contributed by atoms with Gasteiger partial charge in [0, 0.05) is 12.8 Å². The fourth-order valence-corrected chi connectivity index (χ4v) is 4.03. The number of amides is 4. The van der Waals surface area contributed by atoms with Gasteiger partial charge in [0.15, 0.2) is 0 Å². The van der Waals surface area contributed by atoms with E-state index >= 15 is 0 Å². The molecule has 0 spiro atoms. The number of carbonyl (C=O) groups is 4. The van der Waals surface area contributed by atoms with Gasteiger partial charge in [-0.1, -0.05) is 79.9 Å². The smallest absolute Gasteiger partial charge is 0.417 e. The molecule has 224 valence electrons. The van der Waals surface area contributed by atoms with Crippen molar-refractivity contribution in [1.29, 1.82) is 0 Å². The maximum absolute atomic E-state index is 13.0. The van der Waals surface area contributed by atoms with E-state index in [2.05, 4.69) is 0 Å². The van der Waals surface area contributed by atoms with Crippen LogP contribution in [0.25, 0.3) is 0 Å². The van der Waals surface area contributed by atoms with Gasteiger partial charge in [-0.15, -0.1) is 0 Å². The van der Waals surface area contributed by atoms with Gasteiger partial charge in [0.25, 0.3) is 0 Å². The first-order valence-corrected chi connectivity index (χ1v) is 14.4. The Morgan fingerprint density at radius 3 is 1.17 bits per heavy atom. The van der Waals surface area contributed by atoms with Gasteiger partial charge in [0.2, 0.25) is 11.8 Å². The molecule has 8 nitrogen and oxygen atoms in total. The fraction of sp³-hybridized carbons (Fsp3) is 0.515. The molecule has 4 amide bonds. The summed E-state index contributed by atoms with van der Waals surface area (Å²) in [6, 6.07) is 18.7. The molecule has 0 aliphatic heterocycles. The fourth-order valence-electron chi connectivity index (χ4n) is 4.03. The Hall–Kier alpha value is -3.68. The first-order chi connectivity index (χ1) is 19.2. The zero-order valence-electron chi connectivity index (χ0n) is 25.5. The minimum absolute atomic E-state index is 0.161. The largest absolute Gasteiger partial charge is 0.443 e.